The lowest BCUT2D eigenvalue weighted by Gasteiger charge is -2.17. The summed E-state index contributed by atoms with van der Waals surface area (Å²) >= 11 is 5.73. The number of hydrogen-bond donors (Lipinski definition) is 1. The van der Waals surface area contributed by atoms with Crippen LogP contribution < -0.4 is 5.32 Å². The van der Waals surface area contributed by atoms with Crippen LogP contribution in [-0.2, 0) is 16.0 Å². The average molecular weight is 300 g/mol. The molecule has 2 rings (SSSR count). The number of Topliss-reactive ketones (excluding diaryl/α,β-unsaturated/α-hetero) is 1. The van der Waals surface area contributed by atoms with Gasteiger partial charge in [-0.05, 0) is 30.7 Å². The van der Waals surface area contributed by atoms with Crippen molar-refractivity contribution in [2.24, 2.45) is 5.92 Å². The van der Waals surface area contributed by atoms with Crippen molar-refractivity contribution >= 4 is 17.4 Å². The largest absolute Gasteiger partial charge is 0.379 e. The minimum Gasteiger partial charge on any atom is -0.379 e. The first-order valence-electron chi connectivity index (χ1n) is 6.89. The number of rotatable bonds is 6. The van der Waals surface area contributed by atoms with Crippen LogP contribution in [0.25, 0.3) is 0 Å². The standard InChI is InChI=1S/C15H19ClFNO2/c1-2-5-18-14-9-20-8-11(14)15(19)7-10-3-4-13(17)12(16)6-10/h3-4,6,11,14,18H,2,5,7-9H2,1H3. The molecule has 1 fully saturated rings. The van der Waals surface area contributed by atoms with Gasteiger partial charge in [-0.25, -0.2) is 4.39 Å². The fourth-order valence-corrected chi connectivity index (χ4v) is 2.59. The Morgan fingerprint density at radius 1 is 1.50 bits per heavy atom. The maximum absolute atomic E-state index is 13.1. The predicted molar refractivity (Wildman–Crippen MR) is 76.5 cm³/mol. The fourth-order valence-electron chi connectivity index (χ4n) is 2.38. The Labute approximate surface area is 123 Å². The zero-order chi connectivity index (χ0) is 14.5. The monoisotopic (exact) mass is 299 g/mol. The molecular formula is C15H19ClFNO2. The summed E-state index contributed by atoms with van der Waals surface area (Å²) in [5, 5.41) is 3.39. The molecule has 5 heteroatoms. The first-order chi connectivity index (χ1) is 9.61. The molecule has 1 N–H and O–H groups in total. The highest BCUT2D eigenvalue weighted by molar-refractivity contribution is 6.30. The van der Waals surface area contributed by atoms with Crippen LogP contribution in [-0.4, -0.2) is 31.6 Å². The van der Waals surface area contributed by atoms with E-state index in [-0.39, 0.29) is 29.2 Å². The Hall–Kier alpha value is -0.970. The summed E-state index contributed by atoms with van der Waals surface area (Å²) in [6.45, 7) is 3.98. The summed E-state index contributed by atoms with van der Waals surface area (Å²) in [4.78, 5) is 12.3. The Kier molecular flexibility index (Phi) is 5.52. The second kappa shape index (κ2) is 7.16. The number of ether oxygens (including phenoxy) is 1. The third-order valence-electron chi connectivity index (χ3n) is 3.51. The van der Waals surface area contributed by atoms with E-state index in [1.165, 1.54) is 12.1 Å². The van der Waals surface area contributed by atoms with Gasteiger partial charge in [0.25, 0.3) is 0 Å². The molecule has 2 atom stereocenters. The van der Waals surface area contributed by atoms with Gasteiger partial charge < -0.3 is 10.1 Å². The topological polar surface area (TPSA) is 38.3 Å². The SMILES string of the molecule is CCCNC1COCC1C(=O)Cc1ccc(F)c(Cl)c1. The van der Waals surface area contributed by atoms with Gasteiger partial charge in [0.05, 0.1) is 24.2 Å². The lowest BCUT2D eigenvalue weighted by atomic mass is 9.93. The van der Waals surface area contributed by atoms with Crippen molar-refractivity contribution in [3.05, 3.63) is 34.6 Å². The summed E-state index contributed by atoms with van der Waals surface area (Å²) in [6.07, 6.45) is 1.28. The first-order valence-corrected chi connectivity index (χ1v) is 7.27. The molecule has 0 saturated carbocycles. The number of benzene rings is 1. The molecule has 0 bridgehead atoms. The van der Waals surface area contributed by atoms with E-state index in [1.54, 1.807) is 6.07 Å². The van der Waals surface area contributed by atoms with Crippen molar-refractivity contribution in [2.45, 2.75) is 25.8 Å². The third kappa shape index (κ3) is 3.78. The van der Waals surface area contributed by atoms with Crippen molar-refractivity contribution in [1.29, 1.82) is 0 Å². The Morgan fingerprint density at radius 2 is 2.30 bits per heavy atom. The first kappa shape index (κ1) is 15.4. The van der Waals surface area contributed by atoms with Gasteiger partial charge in [-0.3, -0.25) is 4.79 Å². The smallest absolute Gasteiger partial charge is 0.144 e. The van der Waals surface area contributed by atoms with Crippen molar-refractivity contribution in [3.63, 3.8) is 0 Å². The number of nitrogens with one attached hydrogen (secondary N) is 1. The molecule has 3 nitrogen and oxygen atoms in total. The van der Waals surface area contributed by atoms with Crippen LogP contribution in [0.4, 0.5) is 4.39 Å². The summed E-state index contributed by atoms with van der Waals surface area (Å²) in [6, 6.07) is 4.49. The van der Waals surface area contributed by atoms with Crippen LogP contribution in [0.2, 0.25) is 5.02 Å². The van der Waals surface area contributed by atoms with E-state index in [0.29, 0.717) is 13.2 Å². The van der Waals surface area contributed by atoms with Crippen LogP contribution >= 0.6 is 11.6 Å². The highest BCUT2D eigenvalue weighted by Crippen LogP contribution is 2.20. The Balaban J connectivity index is 1.98. The number of carbonyl (C=O) groups is 1. The molecule has 0 amide bonds. The number of hydrogen-bond acceptors (Lipinski definition) is 3. The van der Waals surface area contributed by atoms with E-state index >= 15 is 0 Å². The van der Waals surface area contributed by atoms with Gasteiger partial charge >= 0.3 is 0 Å². The molecule has 1 aromatic carbocycles. The summed E-state index contributed by atoms with van der Waals surface area (Å²) in [5.74, 6) is -0.487. The van der Waals surface area contributed by atoms with Crippen molar-refractivity contribution in [3.8, 4) is 0 Å². The molecule has 0 aromatic heterocycles. The maximum atomic E-state index is 13.1. The van der Waals surface area contributed by atoms with Crippen LogP contribution in [0, 0.1) is 11.7 Å². The van der Waals surface area contributed by atoms with Gasteiger partial charge in [-0.2, -0.15) is 0 Å². The molecule has 1 aromatic rings. The molecule has 2 unspecified atom stereocenters. The second-order valence-corrected chi connectivity index (χ2v) is 5.50. The lowest BCUT2D eigenvalue weighted by molar-refractivity contribution is -0.122. The molecule has 110 valence electrons. The molecule has 0 radical (unpaired) electrons. The van der Waals surface area contributed by atoms with Crippen LogP contribution in [0.3, 0.4) is 0 Å². The van der Waals surface area contributed by atoms with E-state index < -0.39 is 5.82 Å². The zero-order valence-corrected chi connectivity index (χ0v) is 12.3. The molecule has 0 aliphatic carbocycles. The zero-order valence-electron chi connectivity index (χ0n) is 11.5. The van der Waals surface area contributed by atoms with Crippen LogP contribution in [0.5, 0.6) is 0 Å². The number of ketones is 1. The maximum Gasteiger partial charge on any atom is 0.144 e. The summed E-state index contributed by atoms with van der Waals surface area (Å²) in [5.41, 5.74) is 0.738. The van der Waals surface area contributed by atoms with E-state index in [9.17, 15) is 9.18 Å². The van der Waals surface area contributed by atoms with Crippen LogP contribution in [0.15, 0.2) is 18.2 Å². The third-order valence-corrected chi connectivity index (χ3v) is 3.80. The van der Waals surface area contributed by atoms with E-state index in [0.717, 1.165) is 18.5 Å². The van der Waals surface area contributed by atoms with E-state index in [1.807, 2.05) is 0 Å². The van der Waals surface area contributed by atoms with Gasteiger partial charge in [0.15, 0.2) is 0 Å². The average Bonchev–Trinajstić information content (AvgIpc) is 2.89. The van der Waals surface area contributed by atoms with Crippen molar-refractivity contribution in [2.75, 3.05) is 19.8 Å². The fraction of sp³-hybridized carbons (Fsp3) is 0.533. The van der Waals surface area contributed by atoms with Gasteiger partial charge in [-0.1, -0.05) is 24.6 Å². The normalized spacial score (nSPS) is 22.1. The number of halogens is 2. The minimum atomic E-state index is -0.463. The van der Waals surface area contributed by atoms with Gasteiger partial charge in [0, 0.05) is 12.5 Å². The molecular weight excluding hydrogens is 281 g/mol. The lowest BCUT2D eigenvalue weighted by Crippen LogP contribution is -2.40. The molecule has 1 heterocycles. The predicted octanol–water partition coefficient (Wildman–Crippen LogP) is 2.61. The van der Waals surface area contributed by atoms with Gasteiger partial charge in [-0.15, -0.1) is 0 Å². The van der Waals surface area contributed by atoms with E-state index in [4.69, 9.17) is 16.3 Å². The van der Waals surface area contributed by atoms with Gasteiger partial charge in [0.2, 0.25) is 0 Å². The van der Waals surface area contributed by atoms with Crippen molar-refractivity contribution < 1.29 is 13.9 Å². The molecule has 0 spiro atoms. The highest BCUT2D eigenvalue weighted by atomic mass is 35.5. The van der Waals surface area contributed by atoms with Gasteiger partial charge in [0.1, 0.15) is 11.6 Å². The van der Waals surface area contributed by atoms with Crippen molar-refractivity contribution in [1.82, 2.24) is 5.32 Å². The number of carbonyl (C=O) groups excluding carboxylic acids is 1. The molecule has 1 saturated heterocycles. The molecule has 1 aliphatic heterocycles. The Morgan fingerprint density at radius 3 is 3.00 bits per heavy atom. The summed E-state index contributed by atoms with van der Waals surface area (Å²) < 4.78 is 18.5. The second-order valence-electron chi connectivity index (χ2n) is 5.10. The summed E-state index contributed by atoms with van der Waals surface area (Å²) in [7, 11) is 0. The highest BCUT2D eigenvalue weighted by Gasteiger charge is 2.33. The van der Waals surface area contributed by atoms with Crippen LogP contribution in [0.1, 0.15) is 18.9 Å². The Bertz CT molecular complexity index is 481. The molecule has 20 heavy (non-hydrogen) atoms. The minimum absolute atomic E-state index is 0.0543. The molecule has 1 aliphatic rings. The van der Waals surface area contributed by atoms with E-state index in [2.05, 4.69) is 12.2 Å². The quantitative estimate of drug-likeness (QED) is 0.877.